The third-order valence-electron chi connectivity index (χ3n) is 4.41. The van der Waals surface area contributed by atoms with Gasteiger partial charge in [0.1, 0.15) is 0 Å². The minimum Gasteiger partial charge on any atom is -0.330 e. The van der Waals surface area contributed by atoms with Crippen molar-refractivity contribution in [3.8, 4) is 0 Å². The van der Waals surface area contributed by atoms with E-state index < -0.39 is 0 Å². The molecular formula is C12H24ClN. The highest BCUT2D eigenvalue weighted by Gasteiger charge is 2.35. The first-order valence-electron chi connectivity index (χ1n) is 6.05. The van der Waals surface area contributed by atoms with Gasteiger partial charge < -0.3 is 5.73 Å². The molecule has 0 bridgehead atoms. The maximum atomic E-state index is 5.72. The van der Waals surface area contributed by atoms with E-state index in [1.807, 2.05) is 0 Å². The first-order valence-corrected chi connectivity index (χ1v) is 6.05. The second-order valence-corrected chi connectivity index (χ2v) is 5.24. The molecule has 0 aromatic heterocycles. The monoisotopic (exact) mass is 217 g/mol. The van der Waals surface area contributed by atoms with E-state index in [0.717, 1.165) is 17.9 Å². The number of hydrogen-bond acceptors (Lipinski definition) is 1. The highest BCUT2D eigenvalue weighted by molar-refractivity contribution is 5.85. The van der Waals surface area contributed by atoms with Crippen molar-refractivity contribution in [3.63, 3.8) is 0 Å². The molecule has 2 aliphatic carbocycles. The van der Waals surface area contributed by atoms with Crippen LogP contribution in [0, 0.1) is 11.3 Å². The molecule has 0 unspecified atom stereocenters. The van der Waals surface area contributed by atoms with E-state index in [0.29, 0.717) is 0 Å². The van der Waals surface area contributed by atoms with Crippen LogP contribution in [0.3, 0.4) is 0 Å². The lowest BCUT2D eigenvalue weighted by Crippen LogP contribution is -2.31. The van der Waals surface area contributed by atoms with E-state index in [4.69, 9.17) is 5.73 Å². The Bertz CT molecular complexity index is 154. The number of halogens is 1. The summed E-state index contributed by atoms with van der Waals surface area (Å²) in [5.74, 6) is 0.854. The Labute approximate surface area is 94.2 Å². The maximum Gasteiger partial charge on any atom is -0.00489 e. The lowest BCUT2D eigenvalue weighted by Gasteiger charge is -2.42. The summed E-state index contributed by atoms with van der Waals surface area (Å²) in [5, 5.41) is 0. The second kappa shape index (κ2) is 5.37. The topological polar surface area (TPSA) is 26.0 Å². The van der Waals surface area contributed by atoms with Gasteiger partial charge in [-0.1, -0.05) is 19.3 Å². The Kier molecular flexibility index (Phi) is 4.72. The Morgan fingerprint density at radius 2 is 1.50 bits per heavy atom. The van der Waals surface area contributed by atoms with Crippen LogP contribution < -0.4 is 5.73 Å². The molecule has 2 N–H and O–H groups in total. The molecule has 0 atom stereocenters. The van der Waals surface area contributed by atoms with Crippen LogP contribution in [0.25, 0.3) is 0 Å². The molecule has 1 spiro atoms. The normalized spacial score (nSPS) is 27.2. The van der Waals surface area contributed by atoms with E-state index in [1.165, 1.54) is 57.8 Å². The molecular weight excluding hydrogens is 194 g/mol. The molecule has 2 saturated carbocycles. The number of rotatable bonds is 1. The predicted molar refractivity (Wildman–Crippen MR) is 63.8 cm³/mol. The highest BCUT2D eigenvalue weighted by Crippen LogP contribution is 2.48. The van der Waals surface area contributed by atoms with Gasteiger partial charge in [0.15, 0.2) is 0 Å². The van der Waals surface area contributed by atoms with Gasteiger partial charge in [-0.15, -0.1) is 12.4 Å². The van der Waals surface area contributed by atoms with Crippen molar-refractivity contribution in [2.24, 2.45) is 17.1 Å². The summed E-state index contributed by atoms with van der Waals surface area (Å²) in [7, 11) is 0. The lowest BCUT2D eigenvalue weighted by molar-refractivity contribution is 0.0992. The molecule has 0 aromatic rings. The molecule has 84 valence electrons. The molecule has 0 aromatic carbocycles. The third-order valence-corrected chi connectivity index (χ3v) is 4.41. The minimum atomic E-state index is 0. The Morgan fingerprint density at radius 1 is 0.929 bits per heavy atom. The van der Waals surface area contributed by atoms with Crippen molar-refractivity contribution >= 4 is 12.4 Å². The molecule has 14 heavy (non-hydrogen) atoms. The van der Waals surface area contributed by atoms with Crippen LogP contribution in [0.15, 0.2) is 0 Å². The van der Waals surface area contributed by atoms with Crippen LogP contribution in [0.4, 0.5) is 0 Å². The fourth-order valence-electron chi connectivity index (χ4n) is 3.33. The lowest BCUT2D eigenvalue weighted by atomic mass is 9.63. The molecule has 0 aliphatic heterocycles. The van der Waals surface area contributed by atoms with Crippen molar-refractivity contribution in [2.45, 2.75) is 57.8 Å². The summed E-state index contributed by atoms with van der Waals surface area (Å²) in [5.41, 5.74) is 6.50. The predicted octanol–water partition coefficient (Wildman–Crippen LogP) is 3.51. The molecule has 0 heterocycles. The fraction of sp³-hybridized carbons (Fsp3) is 1.00. The first kappa shape index (κ1) is 12.3. The smallest absolute Gasteiger partial charge is 0.00489 e. The van der Waals surface area contributed by atoms with Crippen LogP contribution >= 0.6 is 12.4 Å². The number of nitrogens with two attached hydrogens (primary N) is 1. The van der Waals surface area contributed by atoms with Gasteiger partial charge in [-0.2, -0.15) is 0 Å². The zero-order chi connectivity index (χ0) is 9.15. The molecule has 0 radical (unpaired) electrons. The standard InChI is InChI=1S/C12H23N.ClH/c13-10-11-4-8-12(9-5-11)6-2-1-3-7-12;/h11H,1-10,13H2;1H. The van der Waals surface area contributed by atoms with E-state index >= 15 is 0 Å². The average Bonchev–Trinajstić information content (AvgIpc) is 2.20. The quantitative estimate of drug-likeness (QED) is 0.715. The van der Waals surface area contributed by atoms with Crippen LogP contribution in [0.1, 0.15) is 57.8 Å². The van der Waals surface area contributed by atoms with E-state index in [2.05, 4.69) is 0 Å². The van der Waals surface area contributed by atoms with Crippen LogP contribution in [0.2, 0.25) is 0 Å². The summed E-state index contributed by atoms with van der Waals surface area (Å²) in [4.78, 5) is 0. The first-order chi connectivity index (χ1) is 6.35. The molecule has 0 amide bonds. The van der Waals surface area contributed by atoms with Crippen molar-refractivity contribution in [2.75, 3.05) is 6.54 Å². The minimum absolute atomic E-state index is 0. The summed E-state index contributed by atoms with van der Waals surface area (Å²) >= 11 is 0. The van der Waals surface area contributed by atoms with E-state index in [-0.39, 0.29) is 12.4 Å². The van der Waals surface area contributed by atoms with Gasteiger partial charge in [0.25, 0.3) is 0 Å². The van der Waals surface area contributed by atoms with Gasteiger partial charge >= 0.3 is 0 Å². The number of hydrogen-bond donors (Lipinski definition) is 1. The molecule has 2 aliphatic rings. The molecule has 2 fully saturated rings. The summed E-state index contributed by atoms with van der Waals surface area (Å²) in [6.45, 7) is 0.927. The van der Waals surface area contributed by atoms with Crippen molar-refractivity contribution < 1.29 is 0 Å². The van der Waals surface area contributed by atoms with Gasteiger partial charge in [-0.25, -0.2) is 0 Å². The summed E-state index contributed by atoms with van der Waals surface area (Å²) < 4.78 is 0. The molecule has 2 rings (SSSR count). The Morgan fingerprint density at radius 3 is 2.00 bits per heavy atom. The summed E-state index contributed by atoms with van der Waals surface area (Å²) in [6.07, 6.45) is 13.3. The SMILES string of the molecule is Cl.NCC1CCC2(CCCCC2)CC1. The molecule has 0 saturated heterocycles. The van der Waals surface area contributed by atoms with E-state index in [9.17, 15) is 0 Å². The molecule has 2 heteroatoms. The molecule has 1 nitrogen and oxygen atoms in total. The van der Waals surface area contributed by atoms with Crippen molar-refractivity contribution in [3.05, 3.63) is 0 Å². The fourth-order valence-corrected chi connectivity index (χ4v) is 3.33. The van der Waals surface area contributed by atoms with Crippen LogP contribution in [-0.2, 0) is 0 Å². The second-order valence-electron chi connectivity index (χ2n) is 5.24. The van der Waals surface area contributed by atoms with E-state index in [1.54, 1.807) is 0 Å². The van der Waals surface area contributed by atoms with Gasteiger partial charge in [0.2, 0.25) is 0 Å². The van der Waals surface area contributed by atoms with Crippen molar-refractivity contribution in [1.29, 1.82) is 0 Å². The van der Waals surface area contributed by atoms with Crippen molar-refractivity contribution in [1.82, 2.24) is 0 Å². The van der Waals surface area contributed by atoms with Crippen LogP contribution in [0.5, 0.6) is 0 Å². The zero-order valence-electron chi connectivity index (χ0n) is 9.13. The van der Waals surface area contributed by atoms with Gasteiger partial charge in [0.05, 0.1) is 0 Å². The van der Waals surface area contributed by atoms with Gasteiger partial charge in [-0.3, -0.25) is 0 Å². The van der Waals surface area contributed by atoms with Crippen LogP contribution in [-0.4, -0.2) is 6.54 Å². The largest absolute Gasteiger partial charge is 0.330 e. The third kappa shape index (κ3) is 2.64. The zero-order valence-corrected chi connectivity index (χ0v) is 9.95. The van der Waals surface area contributed by atoms with Gasteiger partial charge in [0, 0.05) is 0 Å². The van der Waals surface area contributed by atoms with Gasteiger partial charge in [-0.05, 0) is 56.4 Å². The average molecular weight is 218 g/mol. The Balaban J connectivity index is 0.000000980. The Hall–Kier alpha value is 0.250. The summed E-state index contributed by atoms with van der Waals surface area (Å²) in [6, 6.07) is 0. The maximum absolute atomic E-state index is 5.72. The highest BCUT2D eigenvalue weighted by atomic mass is 35.5.